The van der Waals surface area contributed by atoms with E-state index in [-0.39, 0.29) is 12.5 Å². The first-order valence-corrected chi connectivity index (χ1v) is 5.36. The molecule has 82 valence electrons. The molecule has 1 aromatic rings. The van der Waals surface area contributed by atoms with Crippen LogP contribution in [0.5, 0.6) is 0 Å². The van der Waals surface area contributed by atoms with Gasteiger partial charge in [0.2, 0.25) is 5.91 Å². The van der Waals surface area contributed by atoms with Crippen molar-refractivity contribution in [3.8, 4) is 0 Å². The normalized spacial score (nSPS) is 15.9. The van der Waals surface area contributed by atoms with Gasteiger partial charge in [-0.25, -0.2) is 9.80 Å². The minimum atomic E-state index is -0.492. The van der Waals surface area contributed by atoms with Crippen LogP contribution in [0.1, 0.15) is 5.56 Å². The number of imide groups is 1. The maximum Gasteiger partial charge on any atom is 0.344 e. The number of nitrogens with zero attached hydrogens (tertiary/aromatic N) is 2. The molecule has 0 aromatic heterocycles. The summed E-state index contributed by atoms with van der Waals surface area (Å²) in [7, 11) is 0. The fraction of sp³-hybridized carbons (Fsp3) is 0.100. The Labute approximate surface area is 100 Å². The van der Waals surface area contributed by atoms with Crippen molar-refractivity contribution in [2.24, 2.45) is 5.10 Å². The number of halogens is 1. The Hall–Kier alpha value is -1.69. The summed E-state index contributed by atoms with van der Waals surface area (Å²) in [5.41, 5.74) is 0.842. The molecule has 0 atom stereocenters. The third-order valence-electron chi connectivity index (χ3n) is 2.02. The summed E-state index contributed by atoms with van der Waals surface area (Å²) in [6.07, 6.45) is 1.53. The molecule has 1 fully saturated rings. The summed E-state index contributed by atoms with van der Waals surface area (Å²) >= 11 is 3.36. The highest BCUT2D eigenvalue weighted by Crippen LogP contribution is 2.13. The van der Waals surface area contributed by atoms with E-state index in [0.717, 1.165) is 15.0 Å². The van der Waals surface area contributed by atoms with Crippen molar-refractivity contribution < 1.29 is 9.59 Å². The van der Waals surface area contributed by atoms with E-state index in [0.29, 0.717) is 0 Å². The number of benzene rings is 1. The Morgan fingerprint density at radius 3 is 2.75 bits per heavy atom. The van der Waals surface area contributed by atoms with Crippen LogP contribution in [0.15, 0.2) is 33.8 Å². The minimum absolute atomic E-state index is 0.0280. The Kier molecular flexibility index (Phi) is 3.00. The number of carbonyl (C=O) groups excluding carboxylic acids is 2. The van der Waals surface area contributed by atoms with Gasteiger partial charge in [-0.15, -0.1) is 0 Å². The summed E-state index contributed by atoms with van der Waals surface area (Å²) in [6.45, 7) is -0.0280. The SMILES string of the molecule is O=C1CN(/N=C\c2ccccc2Br)C(=O)N1. The molecule has 1 saturated heterocycles. The average Bonchev–Trinajstić information content (AvgIpc) is 2.56. The lowest BCUT2D eigenvalue weighted by atomic mass is 10.2. The van der Waals surface area contributed by atoms with Gasteiger partial charge in [-0.05, 0) is 6.07 Å². The second-order valence-electron chi connectivity index (χ2n) is 3.18. The molecule has 3 amide bonds. The monoisotopic (exact) mass is 281 g/mol. The lowest BCUT2D eigenvalue weighted by Gasteiger charge is -2.04. The fourth-order valence-electron chi connectivity index (χ4n) is 1.24. The third kappa shape index (κ3) is 2.27. The number of hydrazone groups is 1. The van der Waals surface area contributed by atoms with E-state index in [1.807, 2.05) is 24.3 Å². The van der Waals surface area contributed by atoms with Gasteiger partial charge >= 0.3 is 6.03 Å². The van der Waals surface area contributed by atoms with Crippen molar-refractivity contribution in [1.29, 1.82) is 0 Å². The number of hydrogen-bond donors (Lipinski definition) is 1. The number of amides is 3. The second-order valence-corrected chi connectivity index (χ2v) is 4.03. The Morgan fingerprint density at radius 2 is 2.12 bits per heavy atom. The predicted molar refractivity (Wildman–Crippen MR) is 62.0 cm³/mol. The smallest absolute Gasteiger partial charge is 0.275 e. The molecule has 2 rings (SSSR count). The molecule has 0 bridgehead atoms. The molecular formula is C10H8BrN3O2. The van der Waals surface area contributed by atoms with Crippen LogP contribution in [0, 0.1) is 0 Å². The van der Waals surface area contributed by atoms with Gasteiger partial charge in [0.1, 0.15) is 6.54 Å². The van der Waals surface area contributed by atoms with E-state index < -0.39 is 6.03 Å². The first kappa shape index (κ1) is 10.8. The molecule has 0 saturated carbocycles. The Balaban J connectivity index is 2.13. The summed E-state index contributed by atoms with van der Waals surface area (Å²) < 4.78 is 0.879. The molecule has 1 aliphatic rings. The maximum atomic E-state index is 11.2. The number of carbonyl (C=O) groups is 2. The highest BCUT2D eigenvalue weighted by molar-refractivity contribution is 9.10. The van der Waals surface area contributed by atoms with Crippen molar-refractivity contribution in [3.05, 3.63) is 34.3 Å². The van der Waals surface area contributed by atoms with Crippen LogP contribution in [-0.4, -0.2) is 29.7 Å². The molecule has 5 nitrogen and oxygen atoms in total. The minimum Gasteiger partial charge on any atom is -0.275 e. The van der Waals surface area contributed by atoms with Gasteiger partial charge in [-0.2, -0.15) is 5.10 Å². The predicted octanol–water partition coefficient (Wildman–Crippen LogP) is 1.33. The number of nitrogens with one attached hydrogen (secondary N) is 1. The lowest BCUT2D eigenvalue weighted by molar-refractivity contribution is -0.118. The summed E-state index contributed by atoms with van der Waals surface area (Å²) in [4.78, 5) is 22.0. The largest absolute Gasteiger partial charge is 0.344 e. The van der Waals surface area contributed by atoms with Gasteiger partial charge in [0, 0.05) is 10.0 Å². The van der Waals surface area contributed by atoms with E-state index in [2.05, 4.69) is 26.3 Å². The van der Waals surface area contributed by atoms with E-state index in [1.165, 1.54) is 6.21 Å². The third-order valence-corrected chi connectivity index (χ3v) is 2.74. The van der Waals surface area contributed by atoms with Crippen LogP contribution < -0.4 is 5.32 Å². The zero-order valence-electron chi connectivity index (χ0n) is 8.18. The number of urea groups is 1. The molecule has 0 aliphatic carbocycles. The number of hydrogen-bond acceptors (Lipinski definition) is 3. The first-order valence-electron chi connectivity index (χ1n) is 4.56. The first-order chi connectivity index (χ1) is 7.66. The van der Waals surface area contributed by atoms with Crippen molar-refractivity contribution in [2.45, 2.75) is 0 Å². The molecule has 6 heteroatoms. The van der Waals surface area contributed by atoms with Gasteiger partial charge in [-0.1, -0.05) is 34.1 Å². The molecule has 1 heterocycles. The van der Waals surface area contributed by atoms with E-state index in [4.69, 9.17) is 0 Å². The fourth-order valence-corrected chi connectivity index (χ4v) is 1.62. The Bertz CT molecular complexity index is 473. The quantitative estimate of drug-likeness (QED) is 0.657. The van der Waals surface area contributed by atoms with Crippen LogP contribution in [-0.2, 0) is 4.79 Å². The van der Waals surface area contributed by atoms with Crippen molar-refractivity contribution in [1.82, 2.24) is 10.3 Å². The molecule has 16 heavy (non-hydrogen) atoms. The van der Waals surface area contributed by atoms with Crippen molar-refractivity contribution >= 4 is 34.1 Å². The Morgan fingerprint density at radius 1 is 1.38 bits per heavy atom. The van der Waals surface area contributed by atoms with Crippen LogP contribution >= 0.6 is 15.9 Å². The van der Waals surface area contributed by atoms with Crippen LogP contribution in [0.4, 0.5) is 4.79 Å². The molecule has 1 aromatic carbocycles. The van der Waals surface area contributed by atoms with Crippen LogP contribution in [0.25, 0.3) is 0 Å². The van der Waals surface area contributed by atoms with Crippen molar-refractivity contribution in [3.63, 3.8) is 0 Å². The summed E-state index contributed by atoms with van der Waals surface area (Å²) in [6, 6.07) is 6.97. The zero-order valence-corrected chi connectivity index (χ0v) is 9.77. The molecule has 0 radical (unpaired) electrons. The van der Waals surface area contributed by atoms with Crippen LogP contribution in [0.3, 0.4) is 0 Å². The molecule has 1 N–H and O–H groups in total. The highest BCUT2D eigenvalue weighted by Gasteiger charge is 2.25. The van der Waals surface area contributed by atoms with Gasteiger partial charge in [0.15, 0.2) is 0 Å². The van der Waals surface area contributed by atoms with Crippen LogP contribution in [0.2, 0.25) is 0 Å². The van der Waals surface area contributed by atoms with E-state index in [1.54, 1.807) is 0 Å². The van der Waals surface area contributed by atoms with Gasteiger partial charge in [-0.3, -0.25) is 10.1 Å². The average molecular weight is 282 g/mol. The number of rotatable bonds is 2. The zero-order chi connectivity index (χ0) is 11.5. The van der Waals surface area contributed by atoms with Crippen molar-refractivity contribution in [2.75, 3.05) is 6.54 Å². The molecule has 1 aliphatic heterocycles. The topological polar surface area (TPSA) is 61.8 Å². The second kappa shape index (κ2) is 4.44. The standard InChI is InChI=1S/C10H8BrN3O2/c11-8-4-2-1-3-7(8)5-12-14-6-9(15)13-10(14)16/h1-5H,6H2,(H,13,15,16)/b12-5-. The van der Waals surface area contributed by atoms with E-state index in [9.17, 15) is 9.59 Å². The van der Waals surface area contributed by atoms with Gasteiger partial charge in [0.05, 0.1) is 6.21 Å². The summed E-state index contributed by atoms with van der Waals surface area (Å²) in [5, 5.41) is 7.16. The molecule has 0 unspecified atom stereocenters. The summed E-state index contributed by atoms with van der Waals surface area (Å²) in [5.74, 6) is -0.339. The van der Waals surface area contributed by atoms with Gasteiger partial charge in [0.25, 0.3) is 0 Å². The molecular weight excluding hydrogens is 274 g/mol. The van der Waals surface area contributed by atoms with E-state index >= 15 is 0 Å². The lowest BCUT2D eigenvalue weighted by Crippen LogP contribution is -2.24. The van der Waals surface area contributed by atoms with Gasteiger partial charge < -0.3 is 0 Å². The highest BCUT2D eigenvalue weighted by atomic mass is 79.9. The molecule has 0 spiro atoms. The maximum absolute atomic E-state index is 11.2.